The number of thioether (sulfide) groups is 1. The molecule has 0 fully saturated rings. The summed E-state index contributed by atoms with van der Waals surface area (Å²) in [5.41, 5.74) is 5.17. The highest BCUT2D eigenvalue weighted by molar-refractivity contribution is 7.99. The molecule has 3 aromatic carbocycles. The topological polar surface area (TPSA) is 92.5 Å². The molecule has 0 aliphatic carbocycles. The Morgan fingerprint density at radius 1 is 0.977 bits per heavy atom. The Labute approximate surface area is 262 Å². The van der Waals surface area contributed by atoms with E-state index in [2.05, 4.69) is 15.5 Å². The van der Waals surface area contributed by atoms with Crippen molar-refractivity contribution in [1.82, 2.24) is 25.1 Å². The SMILES string of the molecule is Cc1ccc([C@H]2CC(c3cccs3)=NN2C(=O)CSc2nnc(CNC(=O)c3cccc(C)c3)n2-c2ccc(F)cc2)cc1. The lowest BCUT2D eigenvalue weighted by Gasteiger charge is -2.22. The van der Waals surface area contributed by atoms with Gasteiger partial charge in [0.05, 0.1) is 28.9 Å². The fourth-order valence-electron chi connectivity index (χ4n) is 4.98. The van der Waals surface area contributed by atoms with Crippen molar-refractivity contribution in [2.24, 2.45) is 5.10 Å². The average Bonchev–Trinajstić information content (AvgIpc) is 3.80. The first-order valence-electron chi connectivity index (χ1n) is 14.0. The molecule has 44 heavy (non-hydrogen) atoms. The summed E-state index contributed by atoms with van der Waals surface area (Å²) in [6, 6.07) is 25.2. The molecular formula is C33H29FN6O2S2. The summed E-state index contributed by atoms with van der Waals surface area (Å²) in [4.78, 5) is 27.6. The van der Waals surface area contributed by atoms with Crippen molar-refractivity contribution in [3.8, 4) is 5.69 Å². The van der Waals surface area contributed by atoms with Gasteiger partial charge in [-0.1, -0.05) is 65.4 Å². The molecular weight excluding hydrogens is 596 g/mol. The van der Waals surface area contributed by atoms with Crippen LogP contribution in [0, 0.1) is 19.7 Å². The van der Waals surface area contributed by atoms with Crippen LogP contribution in [-0.2, 0) is 11.3 Å². The molecule has 2 aromatic heterocycles. The summed E-state index contributed by atoms with van der Waals surface area (Å²) in [5, 5.41) is 20.4. The molecule has 11 heteroatoms. The Balaban J connectivity index is 1.23. The summed E-state index contributed by atoms with van der Waals surface area (Å²) < 4.78 is 15.5. The van der Waals surface area contributed by atoms with E-state index in [0.29, 0.717) is 28.7 Å². The van der Waals surface area contributed by atoms with E-state index < -0.39 is 0 Å². The fourth-order valence-corrected chi connectivity index (χ4v) is 6.52. The molecule has 6 rings (SSSR count). The molecule has 1 N–H and O–H groups in total. The second-order valence-electron chi connectivity index (χ2n) is 10.4. The number of thiophene rings is 1. The van der Waals surface area contributed by atoms with Gasteiger partial charge < -0.3 is 5.32 Å². The van der Waals surface area contributed by atoms with Gasteiger partial charge in [-0.25, -0.2) is 9.40 Å². The van der Waals surface area contributed by atoms with Gasteiger partial charge in [-0.05, 0) is 67.3 Å². The molecule has 1 aliphatic rings. The first kappa shape index (κ1) is 29.5. The van der Waals surface area contributed by atoms with Crippen molar-refractivity contribution >= 4 is 40.6 Å². The average molecular weight is 625 g/mol. The van der Waals surface area contributed by atoms with Crippen LogP contribution in [0.15, 0.2) is 101 Å². The number of carbonyl (C=O) groups is 2. The molecule has 2 amide bonds. The summed E-state index contributed by atoms with van der Waals surface area (Å²) in [6.07, 6.45) is 0.622. The highest BCUT2D eigenvalue weighted by Gasteiger charge is 2.33. The lowest BCUT2D eigenvalue weighted by Crippen LogP contribution is -2.28. The van der Waals surface area contributed by atoms with Gasteiger partial charge in [-0.15, -0.1) is 21.5 Å². The summed E-state index contributed by atoms with van der Waals surface area (Å²) in [6.45, 7) is 4.04. The van der Waals surface area contributed by atoms with E-state index >= 15 is 0 Å². The van der Waals surface area contributed by atoms with Crippen molar-refractivity contribution in [3.63, 3.8) is 0 Å². The van der Waals surface area contributed by atoms with Gasteiger partial charge in [0, 0.05) is 17.7 Å². The standard InChI is InChI=1S/C33H29FN6O2S2/c1-21-8-10-23(11-9-21)28-18-27(29-7-4-16-43-29)38-40(28)31(41)20-44-33-37-36-30(39(33)26-14-12-25(34)13-15-26)19-35-32(42)24-6-3-5-22(2)17-24/h3-17,28H,18-20H2,1-2H3,(H,35,42)/t28-/m1/s1. The van der Waals surface area contributed by atoms with E-state index in [-0.39, 0.29) is 36.0 Å². The van der Waals surface area contributed by atoms with Gasteiger partial charge in [-0.3, -0.25) is 14.2 Å². The number of amides is 2. The number of hydrogen-bond acceptors (Lipinski definition) is 7. The van der Waals surface area contributed by atoms with E-state index in [0.717, 1.165) is 27.3 Å². The molecule has 0 spiro atoms. The van der Waals surface area contributed by atoms with Crippen LogP contribution < -0.4 is 5.32 Å². The predicted molar refractivity (Wildman–Crippen MR) is 171 cm³/mol. The molecule has 1 atom stereocenters. The second-order valence-corrected chi connectivity index (χ2v) is 12.3. The molecule has 222 valence electrons. The number of benzene rings is 3. The van der Waals surface area contributed by atoms with E-state index in [9.17, 15) is 14.0 Å². The first-order chi connectivity index (χ1) is 21.4. The van der Waals surface area contributed by atoms with Gasteiger partial charge in [0.1, 0.15) is 5.82 Å². The smallest absolute Gasteiger partial charge is 0.253 e. The minimum Gasteiger partial charge on any atom is -0.345 e. The zero-order valence-electron chi connectivity index (χ0n) is 24.1. The Bertz CT molecular complexity index is 1820. The van der Waals surface area contributed by atoms with Crippen LogP contribution in [0.3, 0.4) is 0 Å². The number of carbonyl (C=O) groups excluding carboxylic acids is 2. The van der Waals surface area contributed by atoms with Gasteiger partial charge in [0.25, 0.3) is 11.8 Å². The number of halogens is 1. The third kappa shape index (κ3) is 6.48. The van der Waals surface area contributed by atoms with Crippen molar-refractivity contribution < 1.29 is 14.0 Å². The quantitative estimate of drug-likeness (QED) is 0.190. The zero-order valence-corrected chi connectivity index (χ0v) is 25.7. The second kappa shape index (κ2) is 12.9. The molecule has 0 bridgehead atoms. The summed E-state index contributed by atoms with van der Waals surface area (Å²) in [7, 11) is 0. The van der Waals surface area contributed by atoms with E-state index in [4.69, 9.17) is 5.10 Å². The van der Waals surface area contributed by atoms with Crippen LogP contribution in [-0.4, -0.2) is 43.1 Å². The van der Waals surface area contributed by atoms with Crippen LogP contribution in [0.5, 0.6) is 0 Å². The Hall–Kier alpha value is -4.61. The maximum Gasteiger partial charge on any atom is 0.253 e. The number of aromatic nitrogens is 3. The Morgan fingerprint density at radius 2 is 1.77 bits per heavy atom. The molecule has 0 radical (unpaired) electrons. The zero-order chi connectivity index (χ0) is 30.6. The van der Waals surface area contributed by atoms with Crippen molar-refractivity contribution in [3.05, 3.63) is 129 Å². The largest absolute Gasteiger partial charge is 0.345 e. The third-order valence-electron chi connectivity index (χ3n) is 7.23. The van der Waals surface area contributed by atoms with Crippen LogP contribution in [0.25, 0.3) is 5.69 Å². The fraction of sp³-hybridized carbons (Fsp3) is 0.182. The van der Waals surface area contributed by atoms with Crippen molar-refractivity contribution in [2.75, 3.05) is 5.75 Å². The van der Waals surface area contributed by atoms with Gasteiger partial charge in [0.15, 0.2) is 11.0 Å². The van der Waals surface area contributed by atoms with Crippen LogP contribution in [0.1, 0.15) is 50.2 Å². The lowest BCUT2D eigenvalue weighted by molar-refractivity contribution is -0.130. The first-order valence-corrected chi connectivity index (χ1v) is 15.9. The maximum atomic E-state index is 13.8. The van der Waals surface area contributed by atoms with Crippen molar-refractivity contribution in [1.29, 1.82) is 0 Å². The molecule has 5 aromatic rings. The number of rotatable bonds is 9. The van der Waals surface area contributed by atoms with Crippen LogP contribution in [0.4, 0.5) is 4.39 Å². The van der Waals surface area contributed by atoms with Crippen LogP contribution in [0.2, 0.25) is 0 Å². The van der Waals surface area contributed by atoms with Crippen LogP contribution >= 0.6 is 23.1 Å². The normalized spacial score (nSPS) is 14.5. The van der Waals surface area contributed by atoms with Gasteiger partial charge in [-0.2, -0.15) is 5.10 Å². The third-order valence-corrected chi connectivity index (χ3v) is 9.06. The maximum absolute atomic E-state index is 13.8. The highest BCUT2D eigenvalue weighted by Crippen LogP contribution is 2.35. The molecule has 1 aliphatic heterocycles. The lowest BCUT2D eigenvalue weighted by atomic mass is 10.00. The summed E-state index contributed by atoms with van der Waals surface area (Å²) in [5.74, 6) is -0.295. The molecule has 8 nitrogen and oxygen atoms in total. The molecule has 0 saturated carbocycles. The number of nitrogens with one attached hydrogen (secondary N) is 1. The summed E-state index contributed by atoms with van der Waals surface area (Å²) >= 11 is 2.82. The number of hydrogen-bond donors (Lipinski definition) is 1. The van der Waals surface area contributed by atoms with Gasteiger partial charge in [0.2, 0.25) is 0 Å². The van der Waals surface area contributed by atoms with E-state index in [1.165, 1.54) is 23.9 Å². The van der Waals surface area contributed by atoms with Gasteiger partial charge >= 0.3 is 0 Å². The molecule has 0 saturated heterocycles. The predicted octanol–water partition coefficient (Wildman–Crippen LogP) is 6.48. The monoisotopic (exact) mass is 624 g/mol. The highest BCUT2D eigenvalue weighted by atomic mass is 32.2. The van der Waals surface area contributed by atoms with E-state index in [1.807, 2.05) is 73.8 Å². The number of hydrazone groups is 1. The number of aryl methyl sites for hydroxylation is 2. The van der Waals surface area contributed by atoms with E-state index in [1.54, 1.807) is 39.1 Å². The number of nitrogens with zero attached hydrogens (tertiary/aromatic N) is 5. The minimum absolute atomic E-state index is 0.0541. The molecule has 0 unspecified atom stereocenters. The van der Waals surface area contributed by atoms with Crippen molar-refractivity contribution in [2.45, 2.75) is 38.0 Å². The Kier molecular flexibility index (Phi) is 8.67. The molecule has 3 heterocycles. The minimum atomic E-state index is -0.379. The Morgan fingerprint density at radius 3 is 2.50 bits per heavy atom.